The highest BCUT2D eigenvalue weighted by atomic mass is 19.4. The van der Waals surface area contributed by atoms with Crippen LogP contribution in [0.15, 0.2) is 48.7 Å². The Bertz CT molecular complexity index is 1150. The second-order valence-electron chi connectivity index (χ2n) is 8.30. The highest BCUT2D eigenvalue weighted by molar-refractivity contribution is 5.94. The standard InChI is InChI=1S/C26H25F3N2O/c27-26(28,29)21-12-10-20-15-18(17-30-25(20)16-21)9-14-23(32)7-3-2-6-22-13-11-19-5-1-4-8-24(19)31-22/h9-17H,1-8H2/b14-9+. The molecule has 6 heteroatoms. The predicted molar refractivity (Wildman–Crippen MR) is 119 cm³/mol. The lowest BCUT2D eigenvalue weighted by Gasteiger charge is -2.15. The van der Waals surface area contributed by atoms with E-state index < -0.39 is 11.7 Å². The summed E-state index contributed by atoms with van der Waals surface area (Å²) in [5.41, 5.74) is 3.96. The zero-order valence-electron chi connectivity index (χ0n) is 17.8. The quantitative estimate of drug-likeness (QED) is 0.311. The minimum Gasteiger partial charge on any atom is -0.295 e. The number of allylic oxidation sites excluding steroid dienone is 1. The van der Waals surface area contributed by atoms with Gasteiger partial charge in [0.15, 0.2) is 5.78 Å². The van der Waals surface area contributed by atoms with Crippen molar-refractivity contribution < 1.29 is 18.0 Å². The maximum Gasteiger partial charge on any atom is 0.416 e. The number of unbranched alkanes of at least 4 members (excludes halogenated alkanes) is 1. The molecule has 2 aromatic heterocycles. The average molecular weight is 438 g/mol. The number of hydrogen-bond donors (Lipinski definition) is 0. The van der Waals surface area contributed by atoms with Gasteiger partial charge in [0.1, 0.15) is 0 Å². The maximum atomic E-state index is 12.8. The van der Waals surface area contributed by atoms with Gasteiger partial charge in [-0.25, -0.2) is 0 Å². The number of halogens is 3. The van der Waals surface area contributed by atoms with Crippen molar-refractivity contribution in [1.29, 1.82) is 0 Å². The number of ketones is 1. The van der Waals surface area contributed by atoms with Gasteiger partial charge in [-0.15, -0.1) is 0 Å². The van der Waals surface area contributed by atoms with Crippen LogP contribution in [0, 0.1) is 0 Å². The minimum absolute atomic E-state index is 0.0240. The molecule has 0 aliphatic heterocycles. The van der Waals surface area contributed by atoms with E-state index in [2.05, 4.69) is 17.1 Å². The molecule has 1 aliphatic rings. The van der Waals surface area contributed by atoms with Crippen LogP contribution >= 0.6 is 0 Å². The van der Waals surface area contributed by atoms with Crippen LogP contribution in [0.5, 0.6) is 0 Å². The fourth-order valence-electron chi connectivity index (χ4n) is 4.05. The summed E-state index contributed by atoms with van der Waals surface area (Å²) in [6.07, 6.45) is 7.96. The SMILES string of the molecule is O=C(/C=C/c1cnc2cc(C(F)(F)F)ccc2c1)CCCCc1ccc2c(n1)CCCC2. The molecule has 0 N–H and O–H groups in total. The van der Waals surface area contributed by atoms with E-state index in [4.69, 9.17) is 4.98 Å². The number of fused-ring (bicyclic) bond motifs is 2. The molecule has 3 aromatic rings. The van der Waals surface area contributed by atoms with Crippen LogP contribution in [0.2, 0.25) is 0 Å². The molecule has 0 radical (unpaired) electrons. The molecule has 0 saturated heterocycles. The van der Waals surface area contributed by atoms with Gasteiger partial charge in [-0.2, -0.15) is 13.2 Å². The van der Waals surface area contributed by atoms with E-state index >= 15 is 0 Å². The van der Waals surface area contributed by atoms with Gasteiger partial charge in [0.2, 0.25) is 0 Å². The Hall–Kier alpha value is -3.02. The zero-order chi connectivity index (χ0) is 22.6. The van der Waals surface area contributed by atoms with Crippen LogP contribution in [0.4, 0.5) is 13.2 Å². The molecule has 4 rings (SSSR count). The van der Waals surface area contributed by atoms with Crippen LogP contribution in [-0.2, 0) is 30.2 Å². The van der Waals surface area contributed by atoms with Crippen molar-refractivity contribution in [3.05, 3.63) is 76.7 Å². The van der Waals surface area contributed by atoms with Crippen molar-refractivity contribution in [3.63, 3.8) is 0 Å². The first-order chi connectivity index (χ1) is 15.4. The first kappa shape index (κ1) is 22.2. The zero-order valence-corrected chi connectivity index (χ0v) is 17.8. The van der Waals surface area contributed by atoms with Gasteiger partial charge in [0.25, 0.3) is 0 Å². The third-order valence-electron chi connectivity index (χ3n) is 5.84. The normalized spacial score (nSPS) is 14.1. The van der Waals surface area contributed by atoms with Gasteiger partial charge < -0.3 is 0 Å². The number of benzene rings is 1. The van der Waals surface area contributed by atoms with Crippen molar-refractivity contribution in [2.75, 3.05) is 0 Å². The number of nitrogens with zero attached hydrogens (tertiary/aromatic N) is 2. The molecule has 0 saturated carbocycles. The summed E-state index contributed by atoms with van der Waals surface area (Å²) in [5, 5.41) is 0.602. The van der Waals surface area contributed by atoms with Gasteiger partial charge >= 0.3 is 6.18 Å². The summed E-state index contributed by atoms with van der Waals surface area (Å²) >= 11 is 0. The van der Waals surface area contributed by atoms with Crippen LogP contribution in [0.1, 0.15) is 60.2 Å². The van der Waals surface area contributed by atoms with Crippen LogP contribution in [0.25, 0.3) is 17.0 Å². The molecular weight excluding hydrogens is 413 g/mol. The van der Waals surface area contributed by atoms with Gasteiger partial charge in [-0.05, 0) is 92.5 Å². The molecule has 2 heterocycles. The Morgan fingerprint density at radius 2 is 1.88 bits per heavy atom. The first-order valence-corrected chi connectivity index (χ1v) is 11.0. The molecule has 0 atom stereocenters. The lowest BCUT2D eigenvalue weighted by Crippen LogP contribution is -2.07. The number of carbonyl (C=O) groups is 1. The van der Waals surface area contributed by atoms with Crippen molar-refractivity contribution in [2.45, 2.75) is 57.5 Å². The van der Waals surface area contributed by atoms with Crippen molar-refractivity contribution in [3.8, 4) is 0 Å². The molecule has 0 unspecified atom stereocenters. The Balaban J connectivity index is 1.27. The lowest BCUT2D eigenvalue weighted by molar-refractivity contribution is -0.137. The van der Waals surface area contributed by atoms with E-state index in [0.717, 1.165) is 49.9 Å². The molecule has 0 fully saturated rings. The van der Waals surface area contributed by atoms with Crippen molar-refractivity contribution in [1.82, 2.24) is 9.97 Å². The molecule has 0 amide bonds. The number of carbonyl (C=O) groups excluding carboxylic acids is 1. The smallest absolute Gasteiger partial charge is 0.295 e. The number of rotatable bonds is 7. The molecular formula is C26H25F3N2O. The molecule has 1 aromatic carbocycles. The van der Waals surface area contributed by atoms with E-state index in [1.165, 1.54) is 42.4 Å². The monoisotopic (exact) mass is 438 g/mol. The van der Waals surface area contributed by atoms with Gasteiger partial charge in [0.05, 0.1) is 11.1 Å². The summed E-state index contributed by atoms with van der Waals surface area (Å²) in [6, 6.07) is 9.51. The lowest BCUT2D eigenvalue weighted by atomic mass is 9.95. The average Bonchev–Trinajstić information content (AvgIpc) is 2.79. The fraction of sp³-hybridized carbons (Fsp3) is 0.346. The molecule has 166 valence electrons. The third kappa shape index (κ3) is 5.61. The van der Waals surface area contributed by atoms with E-state index in [1.807, 2.05) is 0 Å². The third-order valence-corrected chi connectivity index (χ3v) is 5.84. The second-order valence-corrected chi connectivity index (χ2v) is 8.30. The van der Waals surface area contributed by atoms with Crippen LogP contribution in [0.3, 0.4) is 0 Å². The summed E-state index contributed by atoms with van der Waals surface area (Å²) in [7, 11) is 0. The van der Waals surface area contributed by atoms with Gasteiger partial charge in [-0.1, -0.05) is 12.1 Å². The van der Waals surface area contributed by atoms with E-state index in [1.54, 1.807) is 12.1 Å². The fourth-order valence-corrected chi connectivity index (χ4v) is 4.05. The van der Waals surface area contributed by atoms with Crippen LogP contribution < -0.4 is 0 Å². The van der Waals surface area contributed by atoms with Crippen molar-refractivity contribution in [2.24, 2.45) is 0 Å². The van der Waals surface area contributed by atoms with Gasteiger partial charge in [-0.3, -0.25) is 14.8 Å². The maximum absolute atomic E-state index is 12.8. The van der Waals surface area contributed by atoms with E-state index in [-0.39, 0.29) is 11.3 Å². The molecule has 1 aliphatic carbocycles. The Morgan fingerprint density at radius 3 is 2.72 bits per heavy atom. The molecule has 0 bridgehead atoms. The number of alkyl halides is 3. The summed E-state index contributed by atoms with van der Waals surface area (Å²) < 4.78 is 38.4. The second kappa shape index (κ2) is 9.63. The van der Waals surface area contributed by atoms with Crippen molar-refractivity contribution >= 4 is 22.8 Å². The molecule has 32 heavy (non-hydrogen) atoms. The van der Waals surface area contributed by atoms with Gasteiger partial charge in [0, 0.05) is 29.4 Å². The summed E-state index contributed by atoms with van der Waals surface area (Å²) in [4.78, 5) is 21.1. The van der Waals surface area contributed by atoms with E-state index in [0.29, 0.717) is 17.4 Å². The summed E-state index contributed by atoms with van der Waals surface area (Å²) in [6.45, 7) is 0. The Morgan fingerprint density at radius 1 is 1.03 bits per heavy atom. The van der Waals surface area contributed by atoms with E-state index in [9.17, 15) is 18.0 Å². The minimum atomic E-state index is -4.39. The number of pyridine rings is 2. The molecule has 3 nitrogen and oxygen atoms in total. The van der Waals surface area contributed by atoms with Crippen LogP contribution in [-0.4, -0.2) is 15.8 Å². The predicted octanol–water partition coefficient (Wildman–Crippen LogP) is 6.52. The number of aromatic nitrogens is 2. The topological polar surface area (TPSA) is 42.9 Å². The summed E-state index contributed by atoms with van der Waals surface area (Å²) in [5.74, 6) is 0.0240. The highest BCUT2D eigenvalue weighted by Gasteiger charge is 2.30. The Labute approximate surface area is 185 Å². The largest absolute Gasteiger partial charge is 0.416 e. The highest BCUT2D eigenvalue weighted by Crippen LogP contribution is 2.31. The first-order valence-electron chi connectivity index (χ1n) is 11.0. The number of hydrogen-bond acceptors (Lipinski definition) is 3. The number of aryl methyl sites for hydroxylation is 3. The molecule has 0 spiro atoms. The Kier molecular flexibility index (Phi) is 6.68.